The molecule has 0 aliphatic rings. The number of nitriles is 1. The van der Waals surface area contributed by atoms with E-state index in [4.69, 9.17) is 11.0 Å². The van der Waals surface area contributed by atoms with Crippen molar-refractivity contribution in [1.29, 1.82) is 5.26 Å². The molecule has 34 heavy (non-hydrogen) atoms. The molecule has 1 atom stereocenters. The summed E-state index contributed by atoms with van der Waals surface area (Å²) in [6.45, 7) is 2.64. The molecule has 0 aliphatic heterocycles. The summed E-state index contributed by atoms with van der Waals surface area (Å²) in [7, 11) is 0. The lowest BCUT2D eigenvalue weighted by molar-refractivity contribution is -0.384. The number of benzene rings is 1. The van der Waals surface area contributed by atoms with Gasteiger partial charge in [-0.05, 0) is 37.1 Å². The standard InChI is InChI=1S/C23H25N7O4/c1-15(14-31)27-23(32)19-13-29(12-18(19)17-5-3-16(11-24)4-6-17)10-2-9-26-21-8-7-20(30(33)34)22(25)28-21/h3-8,12-13,15,31H,2,9-10,14H2,1H3,(H,27,32)(H3,25,26,28)/t15-/m1/s1. The highest BCUT2D eigenvalue weighted by molar-refractivity contribution is 6.01. The first kappa shape index (κ1) is 24.2. The van der Waals surface area contributed by atoms with E-state index in [9.17, 15) is 20.0 Å². The summed E-state index contributed by atoms with van der Waals surface area (Å²) in [6.07, 6.45) is 4.28. The van der Waals surface area contributed by atoms with E-state index in [0.29, 0.717) is 42.0 Å². The molecule has 0 radical (unpaired) electrons. The Balaban J connectivity index is 1.71. The third kappa shape index (κ3) is 5.87. The van der Waals surface area contributed by atoms with Gasteiger partial charge in [0.2, 0.25) is 5.82 Å². The molecule has 0 unspecified atom stereocenters. The minimum absolute atomic E-state index is 0.153. The number of hydrogen-bond acceptors (Lipinski definition) is 8. The van der Waals surface area contributed by atoms with E-state index in [0.717, 1.165) is 5.56 Å². The van der Waals surface area contributed by atoms with Crippen LogP contribution in [-0.2, 0) is 6.54 Å². The maximum atomic E-state index is 12.8. The van der Waals surface area contributed by atoms with Gasteiger partial charge in [-0.25, -0.2) is 4.98 Å². The highest BCUT2D eigenvalue weighted by Crippen LogP contribution is 2.26. The van der Waals surface area contributed by atoms with Gasteiger partial charge in [-0.15, -0.1) is 0 Å². The lowest BCUT2D eigenvalue weighted by atomic mass is 10.0. The first-order valence-electron chi connectivity index (χ1n) is 10.6. The minimum atomic E-state index is -0.585. The molecule has 11 nitrogen and oxygen atoms in total. The zero-order chi connectivity index (χ0) is 24.7. The van der Waals surface area contributed by atoms with Crippen molar-refractivity contribution in [1.82, 2.24) is 14.9 Å². The van der Waals surface area contributed by atoms with Crippen molar-refractivity contribution >= 4 is 23.2 Å². The number of carbonyl (C=O) groups excluding carboxylic acids is 1. The van der Waals surface area contributed by atoms with Crippen molar-refractivity contribution in [3.8, 4) is 17.2 Å². The van der Waals surface area contributed by atoms with Gasteiger partial charge in [0.25, 0.3) is 5.91 Å². The van der Waals surface area contributed by atoms with Crippen molar-refractivity contribution in [2.24, 2.45) is 0 Å². The fraction of sp³-hybridized carbons (Fsp3) is 0.261. The molecule has 0 spiro atoms. The number of nitrogens with two attached hydrogens (primary N) is 1. The molecule has 1 amide bonds. The van der Waals surface area contributed by atoms with E-state index >= 15 is 0 Å². The summed E-state index contributed by atoms with van der Waals surface area (Å²) < 4.78 is 1.89. The largest absolute Gasteiger partial charge is 0.394 e. The Morgan fingerprint density at radius 2 is 2.03 bits per heavy atom. The molecule has 3 rings (SSSR count). The number of anilines is 2. The van der Waals surface area contributed by atoms with Crippen molar-refractivity contribution in [2.45, 2.75) is 25.9 Å². The molecule has 1 aromatic carbocycles. The smallest absolute Gasteiger partial charge is 0.311 e. The van der Waals surface area contributed by atoms with Crippen LogP contribution in [0.25, 0.3) is 11.1 Å². The summed E-state index contributed by atoms with van der Waals surface area (Å²) >= 11 is 0. The second-order valence-corrected chi connectivity index (χ2v) is 7.71. The summed E-state index contributed by atoms with van der Waals surface area (Å²) in [6, 6.07) is 11.4. The van der Waals surface area contributed by atoms with Gasteiger partial charge in [-0.1, -0.05) is 12.1 Å². The van der Waals surface area contributed by atoms with Crippen molar-refractivity contribution in [3.05, 3.63) is 70.0 Å². The van der Waals surface area contributed by atoms with Crippen molar-refractivity contribution < 1.29 is 14.8 Å². The van der Waals surface area contributed by atoms with Gasteiger partial charge in [-0.3, -0.25) is 14.9 Å². The predicted octanol–water partition coefficient (Wildman–Crippen LogP) is 2.52. The molecule has 3 aromatic rings. The van der Waals surface area contributed by atoms with Crippen LogP contribution in [-0.4, -0.2) is 44.7 Å². The lowest BCUT2D eigenvalue weighted by Gasteiger charge is -2.11. The van der Waals surface area contributed by atoms with E-state index in [1.807, 2.05) is 10.8 Å². The lowest BCUT2D eigenvalue weighted by Crippen LogP contribution is -2.35. The fourth-order valence-corrected chi connectivity index (χ4v) is 3.32. The van der Waals surface area contributed by atoms with Gasteiger partial charge in [0, 0.05) is 43.2 Å². The zero-order valence-electron chi connectivity index (χ0n) is 18.6. The Labute approximate surface area is 196 Å². The topological polar surface area (TPSA) is 172 Å². The first-order valence-corrected chi connectivity index (χ1v) is 10.6. The van der Waals surface area contributed by atoms with Gasteiger partial charge >= 0.3 is 5.69 Å². The maximum absolute atomic E-state index is 12.8. The fourth-order valence-electron chi connectivity index (χ4n) is 3.32. The molecule has 0 bridgehead atoms. The number of nitrogen functional groups attached to an aromatic ring is 1. The van der Waals surface area contributed by atoms with Gasteiger partial charge in [0.1, 0.15) is 5.82 Å². The Morgan fingerprint density at radius 3 is 2.65 bits per heavy atom. The molecule has 2 heterocycles. The number of hydrogen-bond donors (Lipinski definition) is 4. The van der Waals surface area contributed by atoms with Gasteiger partial charge in [0.05, 0.1) is 28.7 Å². The van der Waals surface area contributed by atoms with Crippen LogP contribution in [0, 0.1) is 21.4 Å². The number of amides is 1. The number of pyridine rings is 1. The third-order valence-corrected chi connectivity index (χ3v) is 5.10. The third-order valence-electron chi connectivity index (χ3n) is 5.10. The van der Waals surface area contributed by atoms with Crippen LogP contribution in [0.15, 0.2) is 48.8 Å². The average molecular weight is 463 g/mol. The number of aryl methyl sites for hydroxylation is 1. The first-order chi connectivity index (χ1) is 16.3. The second-order valence-electron chi connectivity index (χ2n) is 7.71. The highest BCUT2D eigenvalue weighted by atomic mass is 16.6. The molecule has 11 heteroatoms. The van der Waals surface area contributed by atoms with Crippen LogP contribution in [0.3, 0.4) is 0 Å². The quantitative estimate of drug-likeness (QED) is 0.202. The molecular weight excluding hydrogens is 438 g/mol. The van der Waals surface area contributed by atoms with Crippen LogP contribution >= 0.6 is 0 Å². The van der Waals surface area contributed by atoms with Gasteiger partial charge in [-0.2, -0.15) is 5.26 Å². The van der Waals surface area contributed by atoms with Crippen LogP contribution < -0.4 is 16.4 Å². The van der Waals surface area contributed by atoms with Crippen LogP contribution in [0.4, 0.5) is 17.3 Å². The van der Waals surface area contributed by atoms with Crippen LogP contribution in [0.1, 0.15) is 29.3 Å². The molecule has 176 valence electrons. The van der Waals surface area contributed by atoms with E-state index in [1.165, 1.54) is 12.1 Å². The number of aliphatic hydroxyl groups is 1. The minimum Gasteiger partial charge on any atom is -0.394 e. The summed E-state index contributed by atoms with van der Waals surface area (Å²) in [5, 5.41) is 35.0. The summed E-state index contributed by atoms with van der Waals surface area (Å²) in [4.78, 5) is 27.1. The van der Waals surface area contributed by atoms with Crippen LogP contribution in [0.2, 0.25) is 0 Å². The van der Waals surface area contributed by atoms with E-state index in [-0.39, 0.29) is 24.0 Å². The van der Waals surface area contributed by atoms with E-state index < -0.39 is 11.0 Å². The average Bonchev–Trinajstić information content (AvgIpc) is 3.26. The molecule has 5 N–H and O–H groups in total. The normalized spacial score (nSPS) is 11.4. The summed E-state index contributed by atoms with van der Waals surface area (Å²) in [5.41, 5.74) is 7.87. The number of nitrogens with one attached hydrogen (secondary N) is 2. The zero-order valence-corrected chi connectivity index (χ0v) is 18.6. The summed E-state index contributed by atoms with van der Waals surface area (Å²) in [5.74, 6) is -0.0181. The molecule has 0 saturated heterocycles. The Morgan fingerprint density at radius 1 is 1.29 bits per heavy atom. The number of aromatic nitrogens is 2. The van der Waals surface area contributed by atoms with E-state index in [2.05, 4.69) is 21.7 Å². The van der Waals surface area contributed by atoms with Crippen molar-refractivity contribution in [3.63, 3.8) is 0 Å². The Bertz CT molecular complexity index is 1220. The number of aliphatic hydroxyl groups excluding tert-OH is 1. The number of nitrogens with zero attached hydrogens (tertiary/aromatic N) is 4. The monoisotopic (exact) mass is 463 g/mol. The highest BCUT2D eigenvalue weighted by Gasteiger charge is 2.18. The predicted molar refractivity (Wildman–Crippen MR) is 127 cm³/mol. The van der Waals surface area contributed by atoms with Gasteiger partial charge in [0.15, 0.2) is 0 Å². The van der Waals surface area contributed by atoms with E-state index in [1.54, 1.807) is 37.4 Å². The van der Waals surface area contributed by atoms with Gasteiger partial charge < -0.3 is 26.0 Å². The number of carbonyl (C=O) groups is 1. The second kappa shape index (κ2) is 10.9. The Hall–Kier alpha value is -4.43. The molecule has 0 saturated carbocycles. The van der Waals surface area contributed by atoms with Crippen LogP contribution in [0.5, 0.6) is 0 Å². The molecule has 0 fully saturated rings. The number of rotatable bonds is 10. The molecule has 2 aromatic heterocycles. The molecule has 0 aliphatic carbocycles. The maximum Gasteiger partial charge on any atom is 0.311 e. The van der Waals surface area contributed by atoms with Crippen molar-refractivity contribution in [2.75, 3.05) is 24.2 Å². The molecular formula is C23H25N7O4. The number of nitro groups is 1. The Kier molecular flexibility index (Phi) is 7.79. The SMILES string of the molecule is C[C@H](CO)NC(=O)c1cn(CCCNc2ccc([N+](=O)[O-])c(N)n2)cc1-c1ccc(C#N)cc1.